The van der Waals surface area contributed by atoms with E-state index < -0.39 is 6.09 Å². The second-order valence-corrected chi connectivity index (χ2v) is 8.95. The summed E-state index contributed by atoms with van der Waals surface area (Å²) in [7, 11) is 0. The number of rotatable bonds is 5. The van der Waals surface area contributed by atoms with Crippen LogP contribution in [0.4, 0.5) is 10.5 Å². The Bertz CT molecular complexity index is 1220. The number of piperazine rings is 1. The minimum atomic E-state index is -0.867. The van der Waals surface area contributed by atoms with Gasteiger partial charge in [-0.2, -0.15) is 5.10 Å². The van der Waals surface area contributed by atoms with Gasteiger partial charge in [0, 0.05) is 61.9 Å². The number of carbonyl (C=O) groups excluding carboxylic acids is 1. The number of hydrogen-bond donors (Lipinski definition) is 2. The highest BCUT2D eigenvalue weighted by Gasteiger charge is 2.29. The van der Waals surface area contributed by atoms with E-state index in [2.05, 4.69) is 15.3 Å². The number of hydrogen-bond acceptors (Lipinski definition) is 6. The zero-order valence-corrected chi connectivity index (χ0v) is 19.3. The number of ether oxygens (including phenoxy) is 1. The van der Waals surface area contributed by atoms with Gasteiger partial charge in [-0.3, -0.25) is 4.79 Å². The van der Waals surface area contributed by atoms with E-state index in [1.165, 1.54) is 4.90 Å². The van der Waals surface area contributed by atoms with Crippen LogP contribution >= 0.6 is 0 Å². The number of aryl methyl sites for hydroxylation is 1. The maximum atomic E-state index is 11.6. The molecule has 178 valence electrons. The third-order valence-corrected chi connectivity index (χ3v) is 6.70. The molecule has 10 heteroatoms. The van der Waals surface area contributed by atoms with Crippen LogP contribution in [-0.2, 0) is 4.79 Å². The fourth-order valence-corrected chi connectivity index (χ4v) is 4.57. The summed E-state index contributed by atoms with van der Waals surface area (Å²) in [4.78, 5) is 31.2. The van der Waals surface area contributed by atoms with E-state index in [9.17, 15) is 9.59 Å². The average Bonchev–Trinajstić information content (AvgIpc) is 3.45. The lowest BCUT2D eigenvalue weighted by molar-refractivity contribution is -0.119. The SMILES string of the molecule is Cc1cnn2cc(-c3ccc(N4CCN(C(=O)O)CC4)cc3)nc(O[C@H](C)[C@H]3CNC(=O)C3)c12. The quantitative estimate of drug-likeness (QED) is 0.596. The summed E-state index contributed by atoms with van der Waals surface area (Å²) in [5.41, 5.74) is 4.51. The van der Waals surface area contributed by atoms with E-state index >= 15 is 0 Å². The molecule has 4 heterocycles. The molecule has 5 rings (SSSR count). The van der Waals surface area contributed by atoms with Crippen LogP contribution in [0.5, 0.6) is 5.88 Å². The Labute approximate surface area is 197 Å². The number of anilines is 1. The van der Waals surface area contributed by atoms with E-state index in [4.69, 9.17) is 14.8 Å². The Kier molecular flexibility index (Phi) is 5.72. The number of fused-ring (bicyclic) bond motifs is 1. The van der Waals surface area contributed by atoms with E-state index in [0.717, 1.165) is 28.0 Å². The van der Waals surface area contributed by atoms with Crippen LogP contribution in [0, 0.1) is 12.8 Å². The number of amides is 2. The molecule has 34 heavy (non-hydrogen) atoms. The van der Waals surface area contributed by atoms with Gasteiger partial charge < -0.3 is 25.0 Å². The molecule has 2 aliphatic heterocycles. The molecular formula is C24H28N6O4. The van der Waals surface area contributed by atoms with E-state index in [1.54, 1.807) is 10.7 Å². The van der Waals surface area contributed by atoms with Crippen LogP contribution in [0.25, 0.3) is 16.8 Å². The van der Waals surface area contributed by atoms with Crippen molar-refractivity contribution in [3.8, 4) is 17.1 Å². The lowest BCUT2D eigenvalue weighted by Gasteiger charge is -2.34. The highest BCUT2D eigenvalue weighted by atomic mass is 16.5. The summed E-state index contributed by atoms with van der Waals surface area (Å²) < 4.78 is 8.07. The molecule has 2 atom stereocenters. The summed E-state index contributed by atoms with van der Waals surface area (Å²) in [6, 6.07) is 8.09. The zero-order valence-electron chi connectivity index (χ0n) is 19.3. The van der Waals surface area contributed by atoms with Gasteiger partial charge >= 0.3 is 6.09 Å². The van der Waals surface area contributed by atoms with Gasteiger partial charge in [0.15, 0.2) is 0 Å². The van der Waals surface area contributed by atoms with Gasteiger partial charge in [-0.05, 0) is 26.0 Å². The Morgan fingerprint density at radius 3 is 2.59 bits per heavy atom. The maximum Gasteiger partial charge on any atom is 0.407 e. The van der Waals surface area contributed by atoms with E-state index in [-0.39, 0.29) is 17.9 Å². The van der Waals surface area contributed by atoms with Crippen molar-refractivity contribution in [3.63, 3.8) is 0 Å². The van der Waals surface area contributed by atoms with Gasteiger partial charge in [0.2, 0.25) is 11.8 Å². The minimum absolute atomic E-state index is 0.0531. The van der Waals surface area contributed by atoms with Crippen molar-refractivity contribution in [1.29, 1.82) is 0 Å². The predicted molar refractivity (Wildman–Crippen MR) is 126 cm³/mol. The third kappa shape index (κ3) is 4.23. The molecule has 2 saturated heterocycles. The fraction of sp³-hybridized carbons (Fsp3) is 0.417. The molecule has 2 amide bonds. The van der Waals surface area contributed by atoms with Crippen molar-refractivity contribution in [3.05, 3.63) is 42.2 Å². The molecule has 2 aromatic heterocycles. The van der Waals surface area contributed by atoms with E-state index in [0.29, 0.717) is 45.0 Å². The predicted octanol–water partition coefficient (Wildman–Crippen LogP) is 2.41. The van der Waals surface area contributed by atoms with Gasteiger partial charge in [0.05, 0.1) is 18.1 Å². The van der Waals surface area contributed by atoms with Gasteiger partial charge in [-0.25, -0.2) is 14.3 Å². The molecule has 2 fully saturated rings. The fourth-order valence-electron chi connectivity index (χ4n) is 4.57. The first kappa shape index (κ1) is 22.0. The standard InChI is InChI=1S/C24H28N6O4/c1-15-12-26-30-14-20(27-23(22(15)30)34-16(2)18-11-21(31)25-13-18)17-3-5-19(6-4-17)28-7-9-29(10-8-28)24(32)33/h3-6,12,14,16,18H,7-11,13H2,1-2H3,(H,25,31)(H,32,33)/t16-,18-/m1/s1. The average molecular weight is 465 g/mol. The van der Waals surface area contributed by atoms with Crippen LogP contribution in [0.15, 0.2) is 36.7 Å². The zero-order chi connectivity index (χ0) is 23.8. The number of nitrogens with one attached hydrogen (secondary N) is 1. The first-order valence-electron chi connectivity index (χ1n) is 11.5. The molecule has 0 bridgehead atoms. The van der Waals surface area contributed by atoms with Crippen molar-refractivity contribution in [2.24, 2.45) is 5.92 Å². The monoisotopic (exact) mass is 464 g/mol. The summed E-state index contributed by atoms with van der Waals surface area (Å²) in [5, 5.41) is 16.5. The molecule has 0 spiro atoms. The van der Waals surface area contributed by atoms with Crippen molar-refractivity contribution in [1.82, 2.24) is 24.8 Å². The number of carboxylic acid groups (broad SMARTS) is 1. The van der Waals surface area contributed by atoms with Crippen LogP contribution < -0.4 is 15.0 Å². The molecule has 0 saturated carbocycles. The van der Waals surface area contributed by atoms with Crippen molar-refractivity contribution >= 4 is 23.2 Å². The minimum Gasteiger partial charge on any atom is -0.473 e. The number of aromatic nitrogens is 3. The topological polar surface area (TPSA) is 112 Å². The summed E-state index contributed by atoms with van der Waals surface area (Å²) in [5.74, 6) is 0.660. The van der Waals surface area contributed by atoms with E-state index in [1.807, 2.05) is 44.3 Å². The van der Waals surface area contributed by atoms with Gasteiger partial charge in [0.1, 0.15) is 11.6 Å². The maximum absolute atomic E-state index is 11.6. The van der Waals surface area contributed by atoms with Crippen LogP contribution in [0.3, 0.4) is 0 Å². The van der Waals surface area contributed by atoms with Gasteiger partial charge in [0.25, 0.3) is 0 Å². The second kappa shape index (κ2) is 8.85. The molecule has 2 aliphatic rings. The molecule has 3 aromatic rings. The molecule has 0 radical (unpaired) electrons. The number of benzene rings is 1. The summed E-state index contributed by atoms with van der Waals surface area (Å²) >= 11 is 0. The highest BCUT2D eigenvalue weighted by Crippen LogP contribution is 2.30. The van der Waals surface area contributed by atoms with Crippen LogP contribution in [0.1, 0.15) is 18.9 Å². The Hall–Kier alpha value is -3.82. The van der Waals surface area contributed by atoms with Crippen molar-refractivity contribution in [2.75, 3.05) is 37.6 Å². The van der Waals surface area contributed by atoms with Crippen LogP contribution in [0.2, 0.25) is 0 Å². The first-order chi connectivity index (χ1) is 16.4. The van der Waals surface area contributed by atoms with Gasteiger partial charge in [-0.1, -0.05) is 12.1 Å². The Morgan fingerprint density at radius 2 is 1.94 bits per heavy atom. The Morgan fingerprint density at radius 1 is 1.21 bits per heavy atom. The number of carbonyl (C=O) groups is 2. The van der Waals surface area contributed by atoms with Gasteiger partial charge in [-0.15, -0.1) is 0 Å². The molecular weight excluding hydrogens is 436 g/mol. The molecule has 10 nitrogen and oxygen atoms in total. The van der Waals surface area contributed by atoms with Crippen molar-refractivity contribution < 1.29 is 19.4 Å². The molecule has 0 unspecified atom stereocenters. The normalized spacial score (nSPS) is 19.4. The smallest absolute Gasteiger partial charge is 0.407 e. The largest absolute Gasteiger partial charge is 0.473 e. The lowest BCUT2D eigenvalue weighted by Crippen LogP contribution is -2.48. The van der Waals surface area contributed by atoms with Crippen molar-refractivity contribution in [2.45, 2.75) is 26.4 Å². The first-order valence-corrected chi connectivity index (χ1v) is 11.5. The summed E-state index contributed by atoms with van der Waals surface area (Å²) in [6.07, 6.45) is 3.09. The molecule has 1 aromatic carbocycles. The highest BCUT2D eigenvalue weighted by molar-refractivity contribution is 5.78. The second-order valence-electron chi connectivity index (χ2n) is 8.95. The lowest BCUT2D eigenvalue weighted by atomic mass is 10.0. The molecule has 0 aliphatic carbocycles. The third-order valence-electron chi connectivity index (χ3n) is 6.70. The molecule has 2 N–H and O–H groups in total. The summed E-state index contributed by atoms with van der Waals surface area (Å²) in [6.45, 7) is 6.87. The van der Waals surface area contributed by atoms with Crippen LogP contribution in [-0.4, -0.2) is 75.4 Å². The number of nitrogens with zero attached hydrogens (tertiary/aromatic N) is 5. The Balaban J connectivity index is 1.38.